The third-order valence-electron chi connectivity index (χ3n) is 10.0. The van der Waals surface area contributed by atoms with Crippen molar-refractivity contribution < 1.29 is 37.4 Å². The lowest BCUT2D eigenvalue weighted by atomic mass is 9.44. The summed E-state index contributed by atoms with van der Waals surface area (Å²) < 4.78 is 44.5. The Bertz CT molecular complexity index is 1270. The number of carbonyl (C=O) groups is 3. The van der Waals surface area contributed by atoms with Crippen LogP contribution in [0.2, 0.25) is 0 Å². The van der Waals surface area contributed by atoms with Gasteiger partial charge in [0.1, 0.15) is 23.3 Å². The minimum atomic E-state index is -2.29. The Morgan fingerprint density at radius 1 is 1.22 bits per heavy atom. The van der Waals surface area contributed by atoms with Gasteiger partial charge in [0.15, 0.2) is 17.1 Å². The van der Waals surface area contributed by atoms with Crippen molar-refractivity contribution in [3.8, 4) is 0 Å². The number of halogens is 2. The Balaban J connectivity index is 1.62. The second kappa shape index (κ2) is 8.12. The van der Waals surface area contributed by atoms with Gasteiger partial charge < -0.3 is 14.3 Å². The summed E-state index contributed by atoms with van der Waals surface area (Å²) in [4.78, 5) is 38.6. The van der Waals surface area contributed by atoms with Gasteiger partial charge in [-0.15, -0.1) is 12.6 Å². The predicted octanol–water partition coefficient (Wildman–Crippen LogP) is 4.81. The zero-order chi connectivity index (χ0) is 27.3. The van der Waals surface area contributed by atoms with Crippen LogP contribution in [0.3, 0.4) is 0 Å². The molecule has 0 unspecified atom stereocenters. The molecule has 1 aromatic heterocycles. The molecule has 200 valence electrons. The first-order valence-corrected chi connectivity index (χ1v) is 13.1. The lowest BCUT2D eigenvalue weighted by Gasteiger charge is -2.63. The SMILES string of the molecule is Cc1cc(C(=O)O[C@]2(C(=O)S)[C@H](C)C[C@H]3[C@@H]4C[C@H](F)C5=CC(=O)C=C[C@]5(C)[C@@]4(F)[C@@H](O)C[C@@]32C)c(C)o1. The van der Waals surface area contributed by atoms with Gasteiger partial charge >= 0.3 is 5.97 Å². The van der Waals surface area contributed by atoms with Crippen LogP contribution in [0, 0.1) is 42.4 Å². The second-order valence-corrected chi connectivity index (χ2v) is 12.2. The number of aliphatic hydroxyl groups is 1. The quantitative estimate of drug-likeness (QED) is 0.427. The van der Waals surface area contributed by atoms with Crippen LogP contribution in [0.1, 0.15) is 61.9 Å². The number of carbonyl (C=O) groups excluding carboxylic acids is 3. The van der Waals surface area contributed by atoms with Crippen molar-refractivity contribution >= 4 is 29.5 Å². The summed E-state index contributed by atoms with van der Waals surface area (Å²) in [5.74, 6) is -2.53. The Hall–Kier alpha value is -2.26. The van der Waals surface area contributed by atoms with Crippen molar-refractivity contribution in [2.45, 2.75) is 77.4 Å². The van der Waals surface area contributed by atoms with E-state index < -0.39 is 69.0 Å². The number of hydrogen-bond donors (Lipinski definition) is 2. The number of hydrogen-bond acceptors (Lipinski definition) is 6. The molecule has 3 saturated carbocycles. The maximum Gasteiger partial charge on any atom is 0.342 e. The van der Waals surface area contributed by atoms with Gasteiger partial charge in [0.25, 0.3) is 0 Å². The molecule has 0 aliphatic heterocycles. The van der Waals surface area contributed by atoms with Crippen molar-refractivity contribution in [3.05, 3.63) is 47.0 Å². The van der Waals surface area contributed by atoms with Crippen LogP contribution in [0.25, 0.3) is 0 Å². The topological polar surface area (TPSA) is 93.8 Å². The summed E-state index contributed by atoms with van der Waals surface area (Å²) in [5, 5.41) is 10.8. The minimum absolute atomic E-state index is 0.0289. The van der Waals surface area contributed by atoms with E-state index in [1.807, 2.05) is 0 Å². The zero-order valence-electron chi connectivity index (χ0n) is 21.5. The Labute approximate surface area is 219 Å². The molecule has 6 nitrogen and oxygen atoms in total. The number of thiol groups is 1. The number of ether oxygens (including phenoxy) is 1. The Morgan fingerprint density at radius 3 is 2.49 bits per heavy atom. The number of esters is 1. The number of aryl methyl sites for hydroxylation is 2. The molecule has 4 aliphatic carbocycles. The summed E-state index contributed by atoms with van der Waals surface area (Å²) in [6, 6.07) is 1.52. The molecule has 9 heteroatoms. The van der Waals surface area contributed by atoms with Gasteiger partial charge in [0.2, 0.25) is 5.12 Å². The third kappa shape index (κ3) is 3.16. The molecule has 0 saturated heterocycles. The molecule has 0 aromatic carbocycles. The highest BCUT2D eigenvalue weighted by Gasteiger charge is 2.78. The van der Waals surface area contributed by atoms with E-state index in [-0.39, 0.29) is 30.4 Å². The number of aliphatic hydroxyl groups excluding tert-OH is 1. The maximum absolute atomic E-state index is 17.4. The summed E-state index contributed by atoms with van der Waals surface area (Å²) in [6.07, 6.45) is 0.314. The smallest absolute Gasteiger partial charge is 0.342 e. The first-order chi connectivity index (χ1) is 17.1. The minimum Gasteiger partial charge on any atom is -0.466 e. The van der Waals surface area contributed by atoms with Crippen LogP contribution in [-0.2, 0) is 14.3 Å². The molecular formula is C28H32F2O6S. The largest absolute Gasteiger partial charge is 0.466 e. The number of alkyl halides is 2. The van der Waals surface area contributed by atoms with Crippen LogP contribution in [-0.4, -0.2) is 45.5 Å². The maximum atomic E-state index is 17.4. The molecule has 1 aromatic rings. The van der Waals surface area contributed by atoms with Crippen molar-refractivity contribution in [1.82, 2.24) is 0 Å². The molecular weight excluding hydrogens is 502 g/mol. The van der Waals surface area contributed by atoms with E-state index in [9.17, 15) is 19.5 Å². The number of rotatable bonds is 3. The normalized spacial score (nSPS) is 44.5. The molecule has 3 fully saturated rings. The fourth-order valence-corrected chi connectivity index (χ4v) is 8.80. The van der Waals surface area contributed by atoms with E-state index in [0.717, 1.165) is 6.08 Å². The van der Waals surface area contributed by atoms with Gasteiger partial charge in [0, 0.05) is 22.7 Å². The molecule has 4 aliphatic rings. The third-order valence-corrected chi connectivity index (χ3v) is 10.3. The molecule has 5 rings (SSSR count). The number of furan rings is 1. The molecule has 0 bridgehead atoms. The molecule has 0 radical (unpaired) electrons. The lowest BCUT2D eigenvalue weighted by Crippen LogP contribution is -2.70. The fourth-order valence-electron chi connectivity index (χ4n) is 8.28. The lowest BCUT2D eigenvalue weighted by molar-refractivity contribution is -0.221. The molecule has 1 N–H and O–H groups in total. The monoisotopic (exact) mass is 534 g/mol. The number of ketones is 1. The second-order valence-electron chi connectivity index (χ2n) is 11.8. The molecule has 37 heavy (non-hydrogen) atoms. The Morgan fingerprint density at radius 2 is 1.89 bits per heavy atom. The van der Waals surface area contributed by atoms with Crippen LogP contribution in [0.5, 0.6) is 0 Å². The molecule has 1 heterocycles. The first-order valence-electron chi connectivity index (χ1n) is 12.6. The van der Waals surface area contributed by atoms with Gasteiger partial charge in [0.05, 0.1) is 6.10 Å². The standard InChI is InChI=1S/C28H32F2O6S/c1-13-8-18-19-11-21(29)20-10-16(31)6-7-25(20,4)27(19,30)22(32)12-26(18,5)28(13,24(34)37)36-23(33)17-9-14(2)35-15(17)3/h6-7,9-10,13,18-19,21-22,32H,8,11-12H2,1-5H3,(H,34,37)/t13-,18+,19+,21+,22+,25+,26+,27+,28+/m1/s1. The van der Waals surface area contributed by atoms with Crippen LogP contribution >= 0.6 is 12.6 Å². The summed E-state index contributed by atoms with van der Waals surface area (Å²) in [5.41, 5.74) is -6.63. The van der Waals surface area contributed by atoms with E-state index in [1.54, 1.807) is 27.7 Å². The predicted molar refractivity (Wildman–Crippen MR) is 134 cm³/mol. The molecule has 0 amide bonds. The van der Waals surface area contributed by atoms with Crippen LogP contribution in [0.15, 0.2) is 34.3 Å². The fraction of sp³-hybridized carbons (Fsp3) is 0.607. The van der Waals surface area contributed by atoms with E-state index in [2.05, 4.69) is 12.6 Å². The number of fused-ring (bicyclic) bond motifs is 5. The van der Waals surface area contributed by atoms with E-state index in [4.69, 9.17) is 9.15 Å². The average molecular weight is 535 g/mol. The Kier molecular flexibility index (Phi) is 5.78. The van der Waals surface area contributed by atoms with Crippen molar-refractivity contribution in [1.29, 1.82) is 0 Å². The van der Waals surface area contributed by atoms with Gasteiger partial charge in [-0.05, 0) is 69.7 Å². The summed E-state index contributed by atoms with van der Waals surface area (Å²) in [6.45, 7) is 8.27. The van der Waals surface area contributed by atoms with Gasteiger partial charge in [-0.3, -0.25) is 9.59 Å². The zero-order valence-corrected chi connectivity index (χ0v) is 22.4. The van der Waals surface area contributed by atoms with Crippen LogP contribution < -0.4 is 0 Å². The van der Waals surface area contributed by atoms with Gasteiger partial charge in [-0.25, -0.2) is 13.6 Å². The summed E-state index contributed by atoms with van der Waals surface area (Å²) in [7, 11) is 0. The van der Waals surface area contributed by atoms with Crippen molar-refractivity contribution in [2.75, 3.05) is 0 Å². The van der Waals surface area contributed by atoms with E-state index in [0.29, 0.717) is 11.5 Å². The van der Waals surface area contributed by atoms with E-state index in [1.165, 1.54) is 25.1 Å². The average Bonchev–Trinajstić information content (AvgIpc) is 3.25. The highest BCUT2D eigenvalue weighted by Crippen LogP contribution is 2.71. The highest BCUT2D eigenvalue weighted by molar-refractivity contribution is 7.96. The molecule has 0 spiro atoms. The highest BCUT2D eigenvalue weighted by atomic mass is 32.1. The van der Waals surface area contributed by atoms with E-state index >= 15 is 8.78 Å². The first kappa shape index (κ1) is 26.4. The molecule has 9 atom stereocenters. The van der Waals surface area contributed by atoms with Crippen LogP contribution in [0.4, 0.5) is 8.78 Å². The summed E-state index contributed by atoms with van der Waals surface area (Å²) >= 11 is 4.17. The van der Waals surface area contributed by atoms with Gasteiger partial charge in [-0.2, -0.15) is 0 Å². The van der Waals surface area contributed by atoms with Gasteiger partial charge in [-0.1, -0.05) is 19.9 Å². The van der Waals surface area contributed by atoms with Crippen molar-refractivity contribution in [2.24, 2.45) is 28.6 Å². The number of allylic oxidation sites excluding steroid dienone is 4. The van der Waals surface area contributed by atoms with Crippen molar-refractivity contribution in [3.63, 3.8) is 0 Å².